The number of nitrogens with zero attached hydrogens (tertiary/aromatic N) is 1. The molecule has 0 aliphatic heterocycles. The predicted molar refractivity (Wildman–Crippen MR) is 110 cm³/mol. The summed E-state index contributed by atoms with van der Waals surface area (Å²) in [7, 11) is 0. The van der Waals surface area contributed by atoms with Gasteiger partial charge in [-0.25, -0.2) is 0 Å². The summed E-state index contributed by atoms with van der Waals surface area (Å²) in [5, 5.41) is 3.57. The van der Waals surface area contributed by atoms with Crippen LogP contribution >= 0.6 is 23.2 Å². The predicted octanol–water partition coefficient (Wildman–Crippen LogP) is 5.07. The first-order chi connectivity index (χ1) is 12.8. The quantitative estimate of drug-likeness (QED) is 0.664. The summed E-state index contributed by atoms with van der Waals surface area (Å²) in [5.74, 6) is -0.353. The first-order valence-corrected chi connectivity index (χ1v) is 9.12. The molecule has 1 heterocycles. The Hall–Kier alpha value is -2.56. The van der Waals surface area contributed by atoms with Gasteiger partial charge in [0.05, 0.1) is 22.8 Å². The summed E-state index contributed by atoms with van der Waals surface area (Å²) < 4.78 is 1.53. The fraction of sp³-hybridized carbons (Fsp3) is 0.143. The summed E-state index contributed by atoms with van der Waals surface area (Å²) in [6.07, 6.45) is 1.56. The average Bonchev–Trinajstić information content (AvgIpc) is 2.62. The number of nitrogens with one attached hydrogen (secondary N) is 1. The third-order valence-corrected chi connectivity index (χ3v) is 4.82. The number of hydrogen-bond acceptors (Lipinski definition) is 2. The molecule has 6 heteroatoms. The van der Waals surface area contributed by atoms with Gasteiger partial charge >= 0.3 is 0 Å². The standard InChI is InChI=1S/C21H18Cl2N2O2/c1-13-3-4-14(2)16(9-13)12-25-11-15(5-8-20(25)26)21(27)24-19-7-6-17(22)10-18(19)23/h3-11H,12H2,1-2H3,(H,24,27). The molecule has 1 amide bonds. The second-order valence-electron chi connectivity index (χ2n) is 6.39. The van der Waals surface area contributed by atoms with E-state index in [0.717, 1.165) is 16.7 Å². The van der Waals surface area contributed by atoms with Crippen molar-refractivity contribution in [3.05, 3.63) is 97.4 Å². The summed E-state index contributed by atoms with van der Waals surface area (Å²) >= 11 is 12.0. The fourth-order valence-electron chi connectivity index (χ4n) is 2.73. The van der Waals surface area contributed by atoms with Gasteiger partial charge < -0.3 is 9.88 Å². The Kier molecular flexibility index (Phi) is 5.68. The van der Waals surface area contributed by atoms with Gasteiger partial charge in [-0.3, -0.25) is 9.59 Å². The average molecular weight is 401 g/mol. The summed E-state index contributed by atoms with van der Waals surface area (Å²) in [4.78, 5) is 24.8. The molecule has 0 saturated heterocycles. The van der Waals surface area contributed by atoms with E-state index in [1.54, 1.807) is 24.4 Å². The first kappa shape index (κ1) is 19.2. The number of pyridine rings is 1. The third-order valence-electron chi connectivity index (χ3n) is 4.27. The van der Waals surface area contributed by atoms with Gasteiger partial charge in [0.1, 0.15) is 0 Å². The van der Waals surface area contributed by atoms with Gasteiger partial charge in [0.15, 0.2) is 0 Å². The van der Waals surface area contributed by atoms with Crippen molar-refractivity contribution in [2.24, 2.45) is 0 Å². The molecule has 4 nitrogen and oxygen atoms in total. The lowest BCUT2D eigenvalue weighted by Crippen LogP contribution is -2.23. The molecule has 3 rings (SSSR count). The van der Waals surface area contributed by atoms with E-state index in [4.69, 9.17) is 23.2 Å². The van der Waals surface area contributed by atoms with Crippen molar-refractivity contribution in [2.45, 2.75) is 20.4 Å². The molecule has 3 aromatic rings. The number of carbonyl (C=O) groups is 1. The molecule has 1 N–H and O–H groups in total. The summed E-state index contributed by atoms with van der Waals surface area (Å²) in [6.45, 7) is 4.40. The van der Waals surface area contributed by atoms with Crippen LogP contribution in [-0.4, -0.2) is 10.5 Å². The van der Waals surface area contributed by atoms with Gasteiger partial charge in [-0.2, -0.15) is 0 Å². The minimum absolute atomic E-state index is 0.169. The Bertz CT molecular complexity index is 1070. The second-order valence-corrected chi connectivity index (χ2v) is 7.24. The van der Waals surface area contributed by atoms with Crippen LogP contribution in [0.1, 0.15) is 27.0 Å². The molecule has 0 radical (unpaired) electrons. The highest BCUT2D eigenvalue weighted by Gasteiger charge is 2.11. The van der Waals surface area contributed by atoms with E-state index in [1.807, 2.05) is 32.0 Å². The van der Waals surface area contributed by atoms with Crippen molar-refractivity contribution in [3.63, 3.8) is 0 Å². The molecule has 27 heavy (non-hydrogen) atoms. The minimum Gasteiger partial charge on any atom is -0.321 e. The number of aryl methyl sites for hydroxylation is 2. The van der Waals surface area contributed by atoms with Gasteiger partial charge in [0.25, 0.3) is 11.5 Å². The molecule has 0 unspecified atom stereocenters. The van der Waals surface area contributed by atoms with E-state index >= 15 is 0 Å². The van der Waals surface area contributed by atoms with E-state index in [2.05, 4.69) is 5.32 Å². The van der Waals surface area contributed by atoms with E-state index < -0.39 is 0 Å². The molecule has 0 spiro atoms. The van der Waals surface area contributed by atoms with Gasteiger partial charge in [0, 0.05) is 17.3 Å². The molecule has 2 aromatic carbocycles. The molecule has 1 aromatic heterocycles. The Labute approximate surface area is 167 Å². The molecule has 138 valence electrons. The van der Waals surface area contributed by atoms with E-state index in [1.165, 1.54) is 16.7 Å². The maximum Gasteiger partial charge on any atom is 0.257 e. The van der Waals surface area contributed by atoms with Gasteiger partial charge in [-0.1, -0.05) is 47.0 Å². The molecule has 0 saturated carbocycles. The van der Waals surface area contributed by atoms with Crippen molar-refractivity contribution in [1.82, 2.24) is 4.57 Å². The number of aromatic nitrogens is 1. The molecule has 0 fully saturated rings. The molecular formula is C21H18Cl2N2O2. The highest BCUT2D eigenvalue weighted by molar-refractivity contribution is 6.36. The van der Waals surface area contributed by atoms with Crippen LogP contribution in [0.5, 0.6) is 0 Å². The Morgan fingerprint density at radius 3 is 2.56 bits per heavy atom. The van der Waals surface area contributed by atoms with Crippen LogP contribution in [0.2, 0.25) is 10.0 Å². The number of halogens is 2. The number of carbonyl (C=O) groups excluding carboxylic acids is 1. The maximum absolute atomic E-state index is 12.6. The molecule has 0 bridgehead atoms. The largest absolute Gasteiger partial charge is 0.321 e. The number of benzene rings is 2. The zero-order chi connectivity index (χ0) is 19.6. The SMILES string of the molecule is Cc1ccc(C)c(Cn2cc(C(=O)Nc3ccc(Cl)cc3Cl)ccc2=O)c1. The van der Waals surface area contributed by atoms with E-state index in [-0.39, 0.29) is 11.5 Å². The van der Waals surface area contributed by atoms with E-state index in [9.17, 15) is 9.59 Å². The van der Waals surface area contributed by atoms with Crippen molar-refractivity contribution in [1.29, 1.82) is 0 Å². The maximum atomic E-state index is 12.6. The van der Waals surface area contributed by atoms with Crippen molar-refractivity contribution in [2.75, 3.05) is 5.32 Å². The molecule has 0 aliphatic rings. The fourth-order valence-corrected chi connectivity index (χ4v) is 3.18. The van der Waals surface area contributed by atoms with Crippen molar-refractivity contribution >= 4 is 34.8 Å². The monoisotopic (exact) mass is 400 g/mol. The number of rotatable bonds is 4. The van der Waals surface area contributed by atoms with Gasteiger partial charge in [0.2, 0.25) is 0 Å². The summed E-state index contributed by atoms with van der Waals surface area (Å²) in [5.41, 5.74) is 3.90. The molecule has 0 aliphatic carbocycles. The Morgan fingerprint density at radius 2 is 1.81 bits per heavy atom. The van der Waals surface area contributed by atoms with Crippen molar-refractivity contribution in [3.8, 4) is 0 Å². The van der Waals surface area contributed by atoms with Crippen LogP contribution in [0.25, 0.3) is 0 Å². The van der Waals surface area contributed by atoms with Crippen LogP contribution in [-0.2, 0) is 6.54 Å². The van der Waals surface area contributed by atoms with Crippen LogP contribution in [0.4, 0.5) is 5.69 Å². The van der Waals surface area contributed by atoms with Crippen LogP contribution in [0.15, 0.2) is 59.5 Å². The Morgan fingerprint density at radius 1 is 1.04 bits per heavy atom. The number of anilines is 1. The highest BCUT2D eigenvalue weighted by Crippen LogP contribution is 2.25. The number of amides is 1. The normalized spacial score (nSPS) is 10.7. The van der Waals surface area contributed by atoms with Crippen LogP contribution < -0.4 is 10.9 Å². The topological polar surface area (TPSA) is 51.1 Å². The Balaban J connectivity index is 1.87. The molecule has 0 atom stereocenters. The van der Waals surface area contributed by atoms with Gasteiger partial charge in [-0.15, -0.1) is 0 Å². The number of hydrogen-bond donors (Lipinski definition) is 1. The van der Waals surface area contributed by atoms with Gasteiger partial charge in [-0.05, 0) is 49.2 Å². The highest BCUT2D eigenvalue weighted by atomic mass is 35.5. The van der Waals surface area contributed by atoms with Crippen molar-refractivity contribution < 1.29 is 4.79 Å². The second kappa shape index (κ2) is 7.99. The minimum atomic E-state index is -0.353. The molecular weight excluding hydrogens is 383 g/mol. The van der Waals surface area contributed by atoms with E-state index in [0.29, 0.717) is 27.8 Å². The lowest BCUT2D eigenvalue weighted by atomic mass is 10.1. The van der Waals surface area contributed by atoms with Crippen LogP contribution in [0, 0.1) is 13.8 Å². The zero-order valence-electron chi connectivity index (χ0n) is 14.9. The van der Waals surface area contributed by atoms with Crippen LogP contribution in [0.3, 0.4) is 0 Å². The smallest absolute Gasteiger partial charge is 0.257 e. The zero-order valence-corrected chi connectivity index (χ0v) is 16.4. The lowest BCUT2D eigenvalue weighted by Gasteiger charge is -2.12. The first-order valence-electron chi connectivity index (χ1n) is 8.36. The summed E-state index contributed by atoms with van der Waals surface area (Å²) in [6, 6.07) is 13.8. The lowest BCUT2D eigenvalue weighted by molar-refractivity contribution is 0.102. The third kappa shape index (κ3) is 4.59.